The predicted molar refractivity (Wildman–Crippen MR) is 76.5 cm³/mol. The van der Waals surface area contributed by atoms with E-state index in [1.165, 1.54) is 5.56 Å². The number of aliphatic hydroxyl groups is 1. The average Bonchev–Trinajstić information content (AvgIpc) is 2.37. The molecule has 100 valence electrons. The van der Waals surface area contributed by atoms with Crippen LogP contribution in [0.1, 0.15) is 19.4 Å². The number of nitrogens with one attached hydrogen (secondary N) is 1. The maximum atomic E-state index is 11.7. The molecule has 0 radical (unpaired) electrons. The third-order valence-electron chi connectivity index (χ3n) is 2.69. The first kappa shape index (κ1) is 15.1. The molecule has 0 saturated carbocycles. The van der Waals surface area contributed by atoms with E-state index in [4.69, 9.17) is 5.11 Å². The normalized spacial score (nSPS) is 12.4. The number of hydrogen-bond acceptors (Lipinski definition) is 3. The first-order valence-corrected chi connectivity index (χ1v) is 7.31. The molecule has 1 rings (SSSR count). The van der Waals surface area contributed by atoms with Crippen molar-refractivity contribution in [2.24, 2.45) is 5.92 Å². The largest absolute Gasteiger partial charge is 0.394 e. The van der Waals surface area contributed by atoms with Crippen LogP contribution in [0.15, 0.2) is 30.3 Å². The fourth-order valence-corrected chi connectivity index (χ4v) is 2.31. The maximum Gasteiger partial charge on any atom is 0.230 e. The molecule has 0 aliphatic rings. The summed E-state index contributed by atoms with van der Waals surface area (Å²) in [5.41, 5.74) is 1.22. The first-order chi connectivity index (χ1) is 8.63. The lowest BCUT2D eigenvalue weighted by molar-refractivity contribution is -0.119. The zero-order valence-electron chi connectivity index (χ0n) is 10.9. The smallest absolute Gasteiger partial charge is 0.230 e. The highest BCUT2D eigenvalue weighted by atomic mass is 32.2. The van der Waals surface area contributed by atoms with Crippen molar-refractivity contribution in [3.8, 4) is 0 Å². The van der Waals surface area contributed by atoms with Crippen LogP contribution >= 0.6 is 11.8 Å². The van der Waals surface area contributed by atoms with Gasteiger partial charge in [0.2, 0.25) is 5.91 Å². The van der Waals surface area contributed by atoms with Gasteiger partial charge in [0, 0.05) is 5.75 Å². The van der Waals surface area contributed by atoms with Crippen molar-refractivity contribution < 1.29 is 9.90 Å². The summed E-state index contributed by atoms with van der Waals surface area (Å²) >= 11 is 1.58. The molecular weight excluding hydrogens is 246 g/mol. The second-order valence-electron chi connectivity index (χ2n) is 4.58. The van der Waals surface area contributed by atoms with Gasteiger partial charge in [-0.05, 0) is 11.5 Å². The van der Waals surface area contributed by atoms with Crippen LogP contribution in [0.3, 0.4) is 0 Å². The fourth-order valence-electron chi connectivity index (χ4n) is 1.51. The van der Waals surface area contributed by atoms with E-state index in [1.54, 1.807) is 11.8 Å². The van der Waals surface area contributed by atoms with Gasteiger partial charge in [-0.15, -0.1) is 11.8 Å². The molecule has 18 heavy (non-hydrogen) atoms. The zero-order chi connectivity index (χ0) is 13.4. The van der Waals surface area contributed by atoms with Gasteiger partial charge in [0.25, 0.3) is 0 Å². The Balaban J connectivity index is 2.25. The van der Waals surface area contributed by atoms with E-state index in [-0.39, 0.29) is 24.5 Å². The Morgan fingerprint density at radius 3 is 2.56 bits per heavy atom. The van der Waals surface area contributed by atoms with Crippen LogP contribution < -0.4 is 5.32 Å². The molecule has 1 amide bonds. The molecule has 1 atom stereocenters. The Morgan fingerprint density at radius 2 is 2.00 bits per heavy atom. The molecule has 2 N–H and O–H groups in total. The molecule has 1 aromatic rings. The van der Waals surface area contributed by atoms with Crippen molar-refractivity contribution in [1.29, 1.82) is 0 Å². The Hall–Kier alpha value is -1.00. The van der Waals surface area contributed by atoms with Crippen LogP contribution in [-0.2, 0) is 10.5 Å². The second-order valence-corrected chi connectivity index (χ2v) is 5.56. The molecule has 4 heteroatoms. The van der Waals surface area contributed by atoms with Crippen LogP contribution in [0.5, 0.6) is 0 Å². The van der Waals surface area contributed by atoms with Crippen LogP contribution in [0.25, 0.3) is 0 Å². The van der Waals surface area contributed by atoms with Gasteiger partial charge in [0.15, 0.2) is 0 Å². The second kappa shape index (κ2) is 8.16. The summed E-state index contributed by atoms with van der Waals surface area (Å²) in [4.78, 5) is 11.7. The van der Waals surface area contributed by atoms with Gasteiger partial charge in [-0.3, -0.25) is 4.79 Å². The number of benzene rings is 1. The highest BCUT2D eigenvalue weighted by Gasteiger charge is 2.14. The summed E-state index contributed by atoms with van der Waals surface area (Å²) in [5, 5.41) is 12.0. The average molecular weight is 267 g/mol. The van der Waals surface area contributed by atoms with E-state index >= 15 is 0 Å². The number of carbonyl (C=O) groups is 1. The Labute approximate surface area is 113 Å². The summed E-state index contributed by atoms with van der Waals surface area (Å²) in [7, 11) is 0. The van der Waals surface area contributed by atoms with Gasteiger partial charge in [-0.25, -0.2) is 0 Å². The van der Waals surface area contributed by atoms with Crippen molar-refractivity contribution in [3.63, 3.8) is 0 Å². The Kier molecular flexibility index (Phi) is 6.83. The number of hydrogen-bond donors (Lipinski definition) is 2. The van der Waals surface area contributed by atoms with Crippen LogP contribution in [0.4, 0.5) is 0 Å². The standard InChI is InChI=1S/C14H21NO2S/c1-11(2)13(8-16)15-14(17)10-18-9-12-6-4-3-5-7-12/h3-7,11,13,16H,8-10H2,1-2H3,(H,15,17)/t13-/m1/s1. The molecule has 3 nitrogen and oxygen atoms in total. The topological polar surface area (TPSA) is 49.3 Å². The highest BCUT2D eigenvalue weighted by Crippen LogP contribution is 2.11. The molecule has 0 bridgehead atoms. The van der Waals surface area contributed by atoms with Gasteiger partial charge in [0.1, 0.15) is 0 Å². The summed E-state index contributed by atoms with van der Waals surface area (Å²) < 4.78 is 0. The molecule has 0 fully saturated rings. The summed E-state index contributed by atoms with van der Waals surface area (Å²) in [6, 6.07) is 9.93. The lowest BCUT2D eigenvalue weighted by Crippen LogP contribution is -2.42. The molecule has 0 heterocycles. The van der Waals surface area contributed by atoms with Crippen molar-refractivity contribution in [2.45, 2.75) is 25.6 Å². The van der Waals surface area contributed by atoms with Gasteiger partial charge in [-0.2, -0.15) is 0 Å². The lowest BCUT2D eigenvalue weighted by atomic mass is 10.1. The monoisotopic (exact) mass is 267 g/mol. The molecule has 0 unspecified atom stereocenters. The van der Waals surface area contributed by atoms with E-state index in [2.05, 4.69) is 17.4 Å². The third-order valence-corrected chi connectivity index (χ3v) is 3.70. The van der Waals surface area contributed by atoms with Crippen molar-refractivity contribution in [1.82, 2.24) is 5.32 Å². The minimum Gasteiger partial charge on any atom is -0.394 e. The first-order valence-electron chi connectivity index (χ1n) is 6.15. The molecule has 1 aromatic carbocycles. The quantitative estimate of drug-likeness (QED) is 0.795. The van der Waals surface area contributed by atoms with Crippen LogP contribution in [0.2, 0.25) is 0 Å². The van der Waals surface area contributed by atoms with E-state index in [0.717, 1.165) is 5.75 Å². The van der Waals surface area contributed by atoms with Crippen LogP contribution in [-0.4, -0.2) is 29.4 Å². The number of amides is 1. The molecule has 0 aliphatic carbocycles. The van der Waals surface area contributed by atoms with E-state index in [0.29, 0.717) is 5.75 Å². The highest BCUT2D eigenvalue weighted by molar-refractivity contribution is 7.99. The molecule has 0 aromatic heterocycles. The van der Waals surface area contributed by atoms with Crippen molar-refractivity contribution in [2.75, 3.05) is 12.4 Å². The number of rotatable bonds is 7. The van der Waals surface area contributed by atoms with Crippen molar-refractivity contribution >= 4 is 17.7 Å². The number of aliphatic hydroxyl groups excluding tert-OH is 1. The summed E-state index contributed by atoms with van der Waals surface area (Å²) in [6.07, 6.45) is 0. The molecule has 0 saturated heterocycles. The molecule has 0 aliphatic heterocycles. The number of thioether (sulfide) groups is 1. The van der Waals surface area contributed by atoms with E-state index < -0.39 is 0 Å². The third kappa shape index (κ3) is 5.56. The number of carbonyl (C=O) groups excluding carboxylic acids is 1. The molecule has 0 spiro atoms. The van der Waals surface area contributed by atoms with E-state index in [1.807, 2.05) is 32.0 Å². The van der Waals surface area contributed by atoms with Crippen molar-refractivity contribution in [3.05, 3.63) is 35.9 Å². The lowest BCUT2D eigenvalue weighted by Gasteiger charge is -2.19. The zero-order valence-corrected chi connectivity index (χ0v) is 11.7. The Morgan fingerprint density at radius 1 is 1.33 bits per heavy atom. The minimum absolute atomic E-state index is 0.00718. The van der Waals surface area contributed by atoms with Crippen LogP contribution in [0, 0.1) is 5.92 Å². The van der Waals surface area contributed by atoms with Gasteiger partial charge < -0.3 is 10.4 Å². The SMILES string of the molecule is CC(C)[C@@H](CO)NC(=O)CSCc1ccccc1. The maximum absolute atomic E-state index is 11.7. The fraction of sp³-hybridized carbons (Fsp3) is 0.500. The van der Waals surface area contributed by atoms with Gasteiger partial charge in [0.05, 0.1) is 18.4 Å². The minimum atomic E-state index is -0.144. The van der Waals surface area contributed by atoms with E-state index in [9.17, 15) is 4.79 Å². The predicted octanol–water partition coefficient (Wildman–Crippen LogP) is 2.05. The Bertz CT molecular complexity index is 354. The van der Waals surface area contributed by atoms with Gasteiger partial charge in [-0.1, -0.05) is 44.2 Å². The van der Waals surface area contributed by atoms with Gasteiger partial charge >= 0.3 is 0 Å². The summed E-state index contributed by atoms with van der Waals surface area (Å²) in [6.45, 7) is 3.96. The summed E-state index contributed by atoms with van der Waals surface area (Å²) in [5.74, 6) is 1.50. The molecular formula is C14H21NO2S.